The van der Waals surface area contributed by atoms with Crippen molar-refractivity contribution in [1.82, 2.24) is 10.2 Å². The van der Waals surface area contributed by atoms with Gasteiger partial charge in [0.2, 0.25) is 0 Å². The maximum absolute atomic E-state index is 12.1. The lowest BCUT2D eigenvalue weighted by Crippen LogP contribution is -2.49. The first-order chi connectivity index (χ1) is 8.54. The zero-order valence-electron chi connectivity index (χ0n) is 10.9. The summed E-state index contributed by atoms with van der Waals surface area (Å²) in [6.45, 7) is 5.28. The lowest BCUT2D eigenvalue weighted by molar-refractivity contribution is -0.138. The van der Waals surface area contributed by atoms with Crippen LogP contribution in [-0.2, 0) is 4.79 Å². The summed E-state index contributed by atoms with van der Waals surface area (Å²) in [5.74, 6) is -0.964. The molecule has 2 amide bonds. The summed E-state index contributed by atoms with van der Waals surface area (Å²) in [5, 5.41) is 11.7. The van der Waals surface area contributed by atoms with Crippen molar-refractivity contribution in [2.45, 2.75) is 51.1 Å². The Bertz CT molecular complexity index is 311. The topological polar surface area (TPSA) is 69.6 Å². The molecule has 1 aliphatic carbocycles. The molecule has 2 N–H and O–H groups in total. The standard InChI is InChI=1S/C13H22N2O3/c1-3-6-10(2)14-13(18)15(9-12(16)17)11-7-4-5-8-11/h3,10-11H,1,4-9H2,2H3,(H,14,18)(H,16,17). The fourth-order valence-corrected chi connectivity index (χ4v) is 2.33. The Kier molecular flexibility index (Phi) is 5.68. The summed E-state index contributed by atoms with van der Waals surface area (Å²) in [6.07, 6.45) is 6.35. The zero-order valence-corrected chi connectivity index (χ0v) is 10.9. The van der Waals surface area contributed by atoms with E-state index in [-0.39, 0.29) is 24.7 Å². The van der Waals surface area contributed by atoms with Crippen LogP contribution in [-0.4, -0.2) is 40.6 Å². The van der Waals surface area contributed by atoms with Crippen LogP contribution in [0.15, 0.2) is 12.7 Å². The number of nitrogens with zero attached hydrogens (tertiary/aromatic N) is 1. The number of carbonyl (C=O) groups excluding carboxylic acids is 1. The summed E-state index contributed by atoms with van der Waals surface area (Å²) in [6, 6.07) is -0.233. The van der Waals surface area contributed by atoms with Gasteiger partial charge in [-0.15, -0.1) is 6.58 Å². The average Bonchev–Trinajstić information content (AvgIpc) is 2.78. The number of hydrogen-bond donors (Lipinski definition) is 2. The molecule has 0 aromatic heterocycles. The lowest BCUT2D eigenvalue weighted by atomic mass is 10.2. The number of aliphatic carboxylic acids is 1. The van der Waals surface area contributed by atoms with E-state index < -0.39 is 5.97 Å². The van der Waals surface area contributed by atoms with E-state index in [1.165, 1.54) is 4.90 Å². The number of nitrogens with one attached hydrogen (secondary N) is 1. The molecule has 102 valence electrons. The largest absolute Gasteiger partial charge is 0.480 e. The van der Waals surface area contributed by atoms with Gasteiger partial charge in [-0.2, -0.15) is 0 Å². The molecule has 5 heteroatoms. The van der Waals surface area contributed by atoms with Gasteiger partial charge in [0.1, 0.15) is 6.54 Å². The lowest BCUT2D eigenvalue weighted by Gasteiger charge is -2.28. The number of carboxylic acids is 1. The van der Waals surface area contributed by atoms with Crippen LogP contribution >= 0.6 is 0 Å². The minimum absolute atomic E-state index is 0.0207. The van der Waals surface area contributed by atoms with Crippen LogP contribution in [0.2, 0.25) is 0 Å². The molecule has 1 rings (SSSR count). The first-order valence-corrected chi connectivity index (χ1v) is 6.44. The first-order valence-electron chi connectivity index (χ1n) is 6.44. The minimum atomic E-state index is -0.964. The van der Waals surface area contributed by atoms with E-state index >= 15 is 0 Å². The summed E-state index contributed by atoms with van der Waals surface area (Å²) < 4.78 is 0. The number of carbonyl (C=O) groups is 2. The summed E-state index contributed by atoms with van der Waals surface area (Å²) >= 11 is 0. The molecule has 1 unspecified atom stereocenters. The second kappa shape index (κ2) is 7.03. The first kappa shape index (κ1) is 14.5. The molecule has 1 atom stereocenters. The average molecular weight is 254 g/mol. The third-order valence-electron chi connectivity index (χ3n) is 3.22. The Balaban J connectivity index is 2.60. The molecule has 0 saturated heterocycles. The zero-order chi connectivity index (χ0) is 13.5. The van der Waals surface area contributed by atoms with E-state index in [1.54, 1.807) is 6.08 Å². The van der Waals surface area contributed by atoms with Gasteiger partial charge in [0.05, 0.1) is 0 Å². The van der Waals surface area contributed by atoms with E-state index in [1.807, 2.05) is 6.92 Å². The highest BCUT2D eigenvalue weighted by Gasteiger charge is 2.28. The predicted molar refractivity (Wildman–Crippen MR) is 69.4 cm³/mol. The maximum Gasteiger partial charge on any atom is 0.323 e. The molecule has 1 fully saturated rings. The third kappa shape index (κ3) is 4.39. The van der Waals surface area contributed by atoms with Crippen molar-refractivity contribution >= 4 is 12.0 Å². The number of hydrogen-bond acceptors (Lipinski definition) is 2. The molecule has 1 aliphatic rings. The van der Waals surface area contributed by atoms with E-state index in [9.17, 15) is 9.59 Å². The molecule has 0 aliphatic heterocycles. The Morgan fingerprint density at radius 1 is 1.50 bits per heavy atom. The highest BCUT2D eigenvalue weighted by Crippen LogP contribution is 2.23. The summed E-state index contributed by atoms with van der Waals surface area (Å²) in [4.78, 5) is 24.4. The highest BCUT2D eigenvalue weighted by atomic mass is 16.4. The molecular weight excluding hydrogens is 232 g/mol. The molecule has 0 spiro atoms. The van der Waals surface area contributed by atoms with Crippen molar-refractivity contribution < 1.29 is 14.7 Å². The van der Waals surface area contributed by atoms with E-state index in [4.69, 9.17) is 5.11 Å². The van der Waals surface area contributed by atoms with Gasteiger partial charge in [0, 0.05) is 12.1 Å². The molecule has 0 aromatic rings. The number of carboxylic acid groups (broad SMARTS) is 1. The summed E-state index contributed by atoms with van der Waals surface area (Å²) in [7, 11) is 0. The molecule has 0 heterocycles. The van der Waals surface area contributed by atoms with Crippen LogP contribution in [0, 0.1) is 0 Å². The van der Waals surface area contributed by atoms with Crippen molar-refractivity contribution in [3.63, 3.8) is 0 Å². The molecular formula is C13H22N2O3. The van der Waals surface area contributed by atoms with E-state index in [2.05, 4.69) is 11.9 Å². The second-order valence-electron chi connectivity index (χ2n) is 4.83. The number of urea groups is 1. The second-order valence-corrected chi connectivity index (χ2v) is 4.83. The van der Waals surface area contributed by atoms with Gasteiger partial charge in [0.25, 0.3) is 0 Å². The van der Waals surface area contributed by atoms with Gasteiger partial charge >= 0.3 is 12.0 Å². The Hall–Kier alpha value is -1.52. The number of amides is 2. The van der Waals surface area contributed by atoms with Gasteiger partial charge in [-0.25, -0.2) is 4.79 Å². The molecule has 0 bridgehead atoms. The van der Waals surface area contributed by atoms with E-state index in [0.29, 0.717) is 6.42 Å². The molecule has 18 heavy (non-hydrogen) atoms. The monoisotopic (exact) mass is 254 g/mol. The van der Waals surface area contributed by atoms with Crippen molar-refractivity contribution in [3.05, 3.63) is 12.7 Å². The smallest absolute Gasteiger partial charge is 0.323 e. The predicted octanol–water partition coefficient (Wildman–Crippen LogP) is 1.99. The van der Waals surface area contributed by atoms with Crippen LogP contribution in [0.25, 0.3) is 0 Å². The van der Waals surface area contributed by atoms with Gasteiger partial charge < -0.3 is 15.3 Å². The van der Waals surface area contributed by atoms with Crippen LogP contribution in [0.5, 0.6) is 0 Å². The Morgan fingerprint density at radius 3 is 2.61 bits per heavy atom. The van der Waals surface area contributed by atoms with Gasteiger partial charge in [-0.3, -0.25) is 4.79 Å². The van der Waals surface area contributed by atoms with Crippen molar-refractivity contribution in [2.24, 2.45) is 0 Å². The maximum atomic E-state index is 12.1. The van der Waals surface area contributed by atoms with Gasteiger partial charge in [0.15, 0.2) is 0 Å². The molecule has 1 saturated carbocycles. The van der Waals surface area contributed by atoms with Gasteiger partial charge in [-0.05, 0) is 26.2 Å². The Morgan fingerprint density at radius 2 is 2.11 bits per heavy atom. The fourth-order valence-electron chi connectivity index (χ4n) is 2.33. The van der Waals surface area contributed by atoms with Crippen LogP contribution in [0.1, 0.15) is 39.0 Å². The van der Waals surface area contributed by atoms with Crippen LogP contribution in [0.3, 0.4) is 0 Å². The van der Waals surface area contributed by atoms with Gasteiger partial charge in [-0.1, -0.05) is 18.9 Å². The van der Waals surface area contributed by atoms with E-state index in [0.717, 1.165) is 25.7 Å². The van der Waals surface area contributed by atoms with Crippen molar-refractivity contribution in [1.29, 1.82) is 0 Å². The van der Waals surface area contributed by atoms with Crippen molar-refractivity contribution in [3.8, 4) is 0 Å². The molecule has 0 aromatic carbocycles. The Labute approximate surface area is 108 Å². The molecule has 5 nitrogen and oxygen atoms in total. The van der Waals surface area contributed by atoms with Crippen LogP contribution in [0.4, 0.5) is 4.79 Å². The quantitative estimate of drug-likeness (QED) is 0.712. The third-order valence-corrected chi connectivity index (χ3v) is 3.22. The van der Waals surface area contributed by atoms with Crippen molar-refractivity contribution in [2.75, 3.05) is 6.54 Å². The minimum Gasteiger partial charge on any atom is -0.480 e. The van der Waals surface area contributed by atoms with Crippen LogP contribution < -0.4 is 5.32 Å². The fraction of sp³-hybridized carbons (Fsp3) is 0.692. The SMILES string of the molecule is C=CCC(C)NC(=O)N(CC(=O)O)C1CCCC1. The summed E-state index contributed by atoms with van der Waals surface area (Å²) in [5.41, 5.74) is 0. The normalized spacial score (nSPS) is 17.2. The highest BCUT2D eigenvalue weighted by molar-refractivity contribution is 5.80. The molecule has 0 radical (unpaired) electrons. The number of rotatable bonds is 6.